The van der Waals surface area contributed by atoms with Gasteiger partial charge < -0.3 is 14.9 Å². The lowest BCUT2D eigenvalue weighted by molar-refractivity contribution is -0.128. The average Bonchev–Trinajstić information content (AvgIpc) is 3.15. The van der Waals surface area contributed by atoms with Gasteiger partial charge in [0, 0.05) is 36.8 Å². The van der Waals surface area contributed by atoms with Gasteiger partial charge in [-0.15, -0.1) is 11.8 Å². The molecule has 0 atom stereocenters. The molecule has 1 fully saturated rings. The lowest BCUT2D eigenvalue weighted by Crippen LogP contribution is -2.49. The van der Waals surface area contributed by atoms with Gasteiger partial charge in [-0.1, -0.05) is 6.07 Å². The van der Waals surface area contributed by atoms with Crippen LogP contribution in [0.3, 0.4) is 0 Å². The van der Waals surface area contributed by atoms with Gasteiger partial charge in [0.25, 0.3) is 0 Å². The van der Waals surface area contributed by atoms with Crippen molar-refractivity contribution in [1.82, 2.24) is 4.90 Å². The van der Waals surface area contributed by atoms with Gasteiger partial charge in [0.05, 0.1) is 5.75 Å². The van der Waals surface area contributed by atoms with Crippen molar-refractivity contribution in [3.8, 4) is 5.75 Å². The van der Waals surface area contributed by atoms with Gasteiger partial charge >= 0.3 is 0 Å². The number of amides is 1. The third-order valence-corrected chi connectivity index (χ3v) is 6.26. The minimum absolute atomic E-state index is 0.223. The predicted octanol–water partition coefficient (Wildman–Crippen LogP) is 3.32. The largest absolute Gasteiger partial charge is 0.508 e. The Balaban J connectivity index is 1.27. The molecule has 1 aliphatic heterocycles. The Morgan fingerprint density at radius 3 is 2.46 bits per heavy atom. The molecule has 0 spiro atoms. The maximum Gasteiger partial charge on any atom is 0.233 e. The standard InChI is InChI=1S/C21H24N2O2S/c24-19-7-5-18(6-8-19)22-10-12-23(13-11-22)21(25)15-26-20-9-4-16-2-1-3-17(16)14-20/h4-9,14,24H,1-3,10-13,15H2. The number of aryl methyl sites for hydroxylation is 2. The Bertz CT molecular complexity index is 783. The van der Waals surface area contributed by atoms with Gasteiger partial charge in [0.1, 0.15) is 5.75 Å². The van der Waals surface area contributed by atoms with E-state index in [1.54, 1.807) is 23.9 Å². The minimum atomic E-state index is 0.223. The molecule has 5 heteroatoms. The van der Waals surface area contributed by atoms with E-state index in [1.165, 1.54) is 35.3 Å². The van der Waals surface area contributed by atoms with Crippen LogP contribution in [0.5, 0.6) is 5.75 Å². The van der Waals surface area contributed by atoms with Gasteiger partial charge in [0.15, 0.2) is 0 Å². The van der Waals surface area contributed by atoms with Crippen molar-refractivity contribution < 1.29 is 9.90 Å². The third kappa shape index (κ3) is 3.83. The Kier molecular flexibility index (Phi) is 5.07. The molecule has 0 saturated carbocycles. The minimum Gasteiger partial charge on any atom is -0.508 e. The van der Waals surface area contributed by atoms with Crippen LogP contribution in [-0.2, 0) is 17.6 Å². The molecule has 1 N–H and O–H groups in total. The predicted molar refractivity (Wildman–Crippen MR) is 106 cm³/mol. The van der Waals surface area contributed by atoms with Crippen LogP contribution in [0, 0.1) is 0 Å². The van der Waals surface area contributed by atoms with Crippen LogP contribution < -0.4 is 4.90 Å². The van der Waals surface area contributed by atoms with Crippen LogP contribution in [0.15, 0.2) is 47.4 Å². The van der Waals surface area contributed by atoms with E-state index < -0.39 is 0 Å². The monoisotopic (exact) mass is 368 g/mol. The smallest absolute Gasteiger partial charge is 0.233 e. The van der Waals surface area contributed by atoms with Crippen molar-refractivity contribution in [2.75, 3.05) is 36.8 Å². The molecule has 4 rings (SSSR count). The van der Waals surface area contributed by atoms with E-state index in [-0.39, 0.29) is 11.7 Å². The normalized spacial score (nSPS) is 16.6. The van der Waals surface area contributed by atoms with Gasteiger partial charge in [-0.3, -0.25) is 4.79 Å². The van der Waals surface area contributed by atoms with Crippen LogP contribution in [0.25, 0.3) is 0 Å². The molecule has 1 aliphatic carbocycles. The number of fused-ring (bicyclic) bond motifs is 1. The number of hydrogen-bond donors (Lipinski definition) is 1. The summed E-state index contributed by atoms with van der Waals surface area (Å²) < 4.78 is 0. The van der Waals surface area contributed by atoms with Gasteiger partial charge in [-0.2, -0.15) is 0 Å². The van der Waals surface area contributed by atoms with Gasteiger partial charge in [-0.25, -0.2) is 0 Å². The second-order valence-corrected chi connectivity index (χ2v) is 8.01. The molecule has 4 nitrogen and oxygen atoms in total. The molecule has 26 heavy (non-hydrogen) atoms. The second-order valence-electron chi connectivity index (χ2n) is 6.96. The topological polar surface area (TPSA) is 43.8 Å². The third-order valence-electron chi connectivity index (χ3n) is 5.28. The van der Waals surface area contributed by atoms with Crippen LogP contribution in [-0.4, -0.2) is 47.8 Å². The lowest BCUT2D eigenvalue weighted by Gasteiger charge is -2.36. The fraction of sp³-hybridized carbons (Fsp3) is 0.381. The van der Waals surface area contributed by atoms with E-state index in [4.69, 9.17) is 0 Å². The number of hydrogen-bond acceptors (Lipinski definition) is 4. The molecular weight excluding hydrogens is 344 g/mol. The first-order valence-electron chi connectivity index (χ1n) is 9.25. The molecule has 1 amide bonds. The number of thioether (sulfide) groups is 1. The molecule has 2 aromatic rings. The summed E-state index contributed by atoms with van der Waals surface area (Å²) in [5.41, 5.74) is 4.04. The van der Waals surface area contributed by atoms with Crippen molar-refractivity contribution in [3.63, 3.8) is 0 Å². The Hall–Kier alpha value is -2.14. The van der Waals surface area contributed by atoms with E-state index in [2.05, 4.69) is 23.1 Å². The molecule has 0 aromatic heterocycles. The van der Waals surface area contributed by atoms with Crippen molar-refractivity contribution >= 4 is 23.4 Å². The average molecular weight is 369 g/mol. The van der Waals surface area contributed by atoms with Crippen molar-refractivity contribution in [1.29, 1.82) is 0 Å². The van der Waals surface area contributed by atoms with Crippen LogP contribution >= 0.6 is 11.8 Å². The van der Waals surface area contributed by atoms with Crippen LogP contribution in [0.4, 0.5) is 5.69 Å². The van der Waals surface area contributed by atoms with E-state index in [0.717, 1.165) is 31.9 Å². The van der Waals surface area contributed by atoms with Crippen molar-refractivity contribution in [2.45, 2.75) is 24.2 Å². The molecule has 2 aliphatic rings. The van der Waals surface area contributed by atoms with E-state index in [9.17, 15) is 9.90 Å². The fourth-order valence-electron chi connectivity index (χ4n) is 3.75. The summed E-state index contributed by atoms with van der Waals surface area (Å²) in [6.07, 6.45) is 3.63. The summed E-state index contributed by atoms with van der Waals surface area (Å²) in [6, 6.07) is 13.9. The van der Waals surface area contributed by atoms with Gasteiger partial charge in [-0.05, 0) is 66.8 Å². The number of phenols is 1. The maximum atomic E-state index is 12.5. The Labute approximate surface area is 158 Å². The molecular formula is C21H24N2O2S. The fourth-order valence-corrected chi connectivity index (χ4v) is 4.61. The number of aromatic hydroxyl groups is 1. The molecule has 2 aromatic carbocycles. The zero-order chi connectivity index (χ0) is 17.9. The first kappa shape index (κ1) is 17.3. The summed E-state index contributed by atoms with van der Waals surface area (Å²) in [4.78, 5) is 18.0. The molecule has 0 bridgehead atoms. The van der Waals surface area contributed by atoms with Crippen molar-refractivity contribution in [2.24, 2.45) is 0 Å². The number of benzene rings is 2. The first-order valence-corrected chi connectivity index (χ1v) is 10.2. The Morgan fingerprint density at radius 1 is 0.962 bits per heavy atom. The number of carbonyl (C=O) groups excluding carboxylic acids is 1. The highest BCUT2D eigenvalue weighted by atomic mass is 32.2. The first-order chi connectivity index (χ1) is 12.7. The van der Waals surface area contributed by atoms with E-state index in [1.807, 2.05) is 17.0 Å². The molecule has 1 saturated heterocycles. The molecule has 136 valence electrons. The molecule has 0 radical (unpaired) electrons. The lowest BCUT2D eigenvalue weighted by atomic mass is 10.1. The van der Waals surface area contributed by atoms with Crippen LogP contribution in [0.2, 0.25) is 0 Å². The zero-order valence-corrected chi connectivity index (χ0v) is 15.7. The van der Waals surface area contributed by atoms with Crippen molar-refractivity contribution in [3.05, 3.63) is 53.6 Å². The van der Waals surface area contributed by atoms with Gasteiger partial charge in [0.2, 0.25) is 5.91 Å². The SMILES string of the molecule is O=C(CSc1ccc2c(c1)CCC2)N1CCN(c2ccc(O)cc2)CC1. The highest BCUT2D eigenvalue weighted by molar-refractivity contribution is 8.00. The Morgan fingerprint density at radius 2 is 1.69 bits per heavy atom. The van der Waals surface area contributed by atoms with Crippen LogP contribution in [0.1, 0.15) is 17.5 Å². The van der Waals surface area contributed by atoms with E-state index in [0.29, 0.717) is 5.75 Å². The number of nitrogens with zero attached hydrogens (tertiary/aromatic N) is 2. The molecule has 1 heterocycles. The quantitative estimate of drug-likeness (QED) is 0.841. The number of rotatable bonds is 4. The zero-order valence-electron chi connectivity index (χ0n) is 14.9. The number of phenolic OH excluding ortho intramolecular Hbond substituents is 1. The molecule has 0 unspecified atom stereocenters. The highest BCUT2D eigenvalue weighted by Crippen LogP contribution is 2.28. The second kappa shape index (κ2) is 7.62. The summed E-state index contributed by atoms with van der Waals surface area (Å²) >= 11 is 1.65. The number of carbonyl (C=O) groups is 1. The summed E-state index contributed by atoms with van der Waals surface area (Å²) in [5.74, 6) is 1.02. The highest BCUT2D eigenvalue weighted by Gasteiger charge is 2.21. The summed E-state index contributed by atoms with van der Waals surface area (Å²) in [6.45, 7) is 3.18. The maximum absolute atomic E-state index is 12.5. The summed E-state index contributed by atoms with van der Waals surface area (Å²) in [5, 5.41) is 9.40. The number of anilines is 1. The number of piperazine rings is 1. The van der Waals surface area contributed by atoms with E-state index >= 15 is 0 Å². The summed E-state index contributed by atoms with van der Waals surface area (Å²) in [7, 11) is 0.